The van der Waals surface area contributed by atoms with Gasteiger partial charge in [-0.1, -0.05) is 20.8 Å². The third kappa shape index (κ3) is 5.22. The molecule has 0 fully saturated rings. The summed E-state index contributed by atoms with van der Waals surface area (Å²) in [6.45, 7) is 11.9. The Labute approximate surface area is 185 Å². The number of hydrogen-bond donors (Lipinski definition) is 2. The van der Waals surface area contributed by atoms with Gasteiger partial charge in [-0.05, 0) is 44.9 Å². The number of Topliss-reactive ketones (excluding diaryl/α,β-unsaturated/α-hetero) is 1. The number of hydrogen-bond acceptors (Lipinski definition) is 7. The molecule has 1 amide bonds. The smallest absolute Gasteiger partial charge is 0.349 e. The lowest BCUT2D eigenvalue weighted by Crippen LogP contribution is -2.27. The highest BCUT2D eigenvalue weighted by Gasteiger charge is 2.29. The zero-order valence-electron chi connectivity index (χ0n) is 19.0. The summed E-state index contributed by atoms with van der Waals surface area (Å²) in [6, 6.07) is 1.69. The van der Waals surface area contributed by atoms with Crippen LogP contribution in [0, 0.1) is 26.2 Å². The molecular formula is C22H28N2O6S. The van der Waals surface area contributed by atoms with Crippen molar-refractivity contribution in [2.45, 2.75) is 54.6 Å². The number of aromatic nitrogens is 1. The van der Waals surface area contributed by atoms with Gasteiger partial charge in [0.15, 0.2) is 6.10 Å². The largest absolute Gasteiger partial charge is 0.465 e. The highest BCUT2D eigenvalue weighted by atomic mass is 32.1. The number of nitrogens with one attached hydrogen (secondary N) is 2. The van der Waals surface area contributed by atoms with Crippen molar-refractivity contribution < 1.29 is 28.7 Å². The average molecular weight is 449 g/mol. The summed E-state index contributed by atoms with van der Waals surface area (Å²) in [6.07, 6.45) is -1.08. The predicted molar refractivity (Wildman–Crippen MR) is 118 cm³/mol. The third-order valence-corrected chi connectivity index (χ3v) is 5.88. The van der Waals surface area contributed by atoms with Crippen LogP contribution in [0.15, 0.2) is 6.07 Å². The maximum absolute atomic E-state index is 12.8. The first-order chi connectivity index (χ1) is 14.3. The van der Waals surface area contributed by atoms with Crippen molar-refractivity contribution in [3.8, 4) is 0 Å². The molecule has 0 radical (unpaired) electrons. The van der Waals surface area contributed by atoms with Crippen LogP contribution < -0.4 is 5.32 Å². The number of thiophene rings is 1. The van der Waals surface area contributed by atoms with Crippen LogP contribution in [0.3, 0.4) is 0 Å². The summed E-state index contributed by atoms with van der Waals surface area (Å²) in [5.74, 6) is -1.83. The van der Waals surface area contributed by atoms with E-state index in [2.05, 4.69) is 10.3 Å². The molecule has 0 aliphatic carbocycles. The maximum Gasteiger partial charge on any atom is 0.349 e. The van der Waals surface area contributed by atoms with Crippen LogP contribution in [-0.4, -0.2) is 41.8 Å². The van der Waals surface area contributed by atoms with Gasteiger partial charge in [0.25, 0.3) is 0 Å². The molecule has 2 aromatic rings. The number of methoxy groups -OCH3 is 1. The molecule has 8 nitrogen and oxygen atoms in total. The van der Waals surface area contributed by atoms with Crippen molar-refractivity contribution in [3.63, 3.8) is 0 Å². The number of H-pyrrole nitrogens is 1. The van der Waals surface area contributed by atoms with Gasteiger partial charge < -0.3 is 19.8 Å². The van der Waals surface area contributed by atoms with E-state index in [4.69, 9.17) is 9.47 Å². The van der Waals surface area contributed by atoms with Crippen LogP contribution in [0.1, 0.15) is 75.0 Å². The van der Waals surface area contributed by atoms with Crippen LogP contribution in [0.2, 0.25) is 0 Å². The number of amides is 1. The van der Waals surface area contributed by atoms with Gasteiger partial charge in [0.2, 0.25) is 11.7 Å². The first-order valence-electron chi connectivity index (χ1n) is 9.72. The molecule has 2 rings (SSSR count). The average Bonchev–Trinajstić information content (AvgIpc) is 3.18. The minimum absolute atomic E-state index is 0.170. The lowest BCUT2D eigenvalue weighted by molar-refractivity contribution is -0.123. The van der Waals surface area contributed by atoms with Gasteiger partial charge in [0, 0.05) is 11.1 Å². The van der Waals surface area contributed by atoms with Crippen molar-refractivity contribution in [3.05, 3.63) is 39.0 Å². The Morgan fingerprint density at radius 3 is 2.26 bits per heavy atom. The number of aryl methyl sites for hydroxylation is 2. The van der Waals surface area contributed by atoms with E-state index in [-0.39, 0.29) is 17.2 Å². The molecule has 1 atom stereocenters. The second-order valence-electron chi connectivity index (χ2n) is 8.36. The minimum Gasteiger partial charge on any atom is -0.465 e. The minimum atomic E-state index is -1.08. The van der Waals surface area contributed by atoms with E-state index in [0.717, 1.165) is 11.3 Å². The van der Waals surface area contributed by atoms with E-state index in [1.165, 1.54) is 14.0 Å². The van der Waals surface area contributed by atoms with Gasteiger partial charge in [0.05, 0.1) is 23.4 Å². The quantitative estimate of drug-likeness (QED) is 0.506. The molecule has 0 saturated carbocycles. The second kappa shape index (κ2) is 9.05. The summed E-state index contributed by atoms with van der Waals surface area (Å²) in [4.78, 5) is 52.8. The van der Waals surface area contributed by atoms with Crippen molar-refractivity contribution in [1.29, 1.82) is 0 Å². The monoisotopic (exact) mass is 448 g/mol. The number of carbonyl (C=O) groups excluding carboxylic acids is 4. The predicted octanol–water partition coefficient (Wildman–Crippen LogP) is 4.20. The summed E-state index contributed by atoms with van der Waals surface area (Å²) in [5, 5.41) is 3.32. The molecule has 168 valence electrons. The molecule has 2 heterocycles. The SMILES string of the molecule is COC(=O)c1c(C)[nH]c(C(=O)C(C)OC(=O)c2sc(NC(=O)C(C)(C)C)cc2C)c1C. The fourth-order valence-electron chi connectivity index (χ4n) is 2.92. The second-order valence-corrected chi connectivity index (χ2v) is 9.41. The highest BCUT2D eigenvalue weighted by molar-refractivity contribution is 7.18. The third-order valence-electron chi connectivity index (χ3n) is 4.75. The lowest BCUT2D eigenvalue weighted by Gasteiger charge is -2.16. The molecular weight excluding hydrogens is 420 g/mol. The Morgan fingerprint density at radius 1 is 1.10 bits per heavy atom. The molecule has 0 aliphatic heterocycles. The normalized spacial score (nSPS) is 12.3. The first-order valence-corrected chi connectivity index (χ1v) is 10.5. The number of esters is 2. The number of ether oxygens (including phenoxy) is 2. The van der Waals surface area contributed by atoms with Gasteiger partial charge in [-0.3, -0.25) is 9.59 Å². The van der Waals surface area contributed by atoms with Crippen molar-refractivity contribution in [1.82, 2.24) is 4.98 Å². The zero-order valence-corrected chi connectivity index (χ0v) is 19.8. The first kappa shape index (κ1) is 24.3. The standard InChI is InChI=1S/C22H28N2O6S/c1-10-9-14(24-21(28)22(5,6)7)31-18(10)20(27)30-13(4)17(25)16-11(2)15(12(3)23-16)19(26)29-8/h9,13,23H,1-8H3,(H,24,28). The lowest BCUT2D eigenvalue weighted by atomic mass is 9.96. The van der Waals surface area contributed by atoms with Gasteiger partial charge in [-0.2, -0.15) is 0 Å². The summed E-state index contributed by atoms with van der Waals surface area (Å²) in [5.41, 5.74) is 1.49. The van der Waals surface area contributed by atoms with Crippen LogP contribution in [0.5, 0.6) is 0 Å². The fraction of sp³-hybridized carbons (Fsp3) is 0.455. The molecule has 0 saturated heterocycles. The van der Waals surface area contributed by atoms with E-state index in [1.807, 2.05) is 0 Å². The van der Waals surface area contributed by atoms with Gasteiger partial charge >= 0.3 is 11.9 Å². The molecule has 0 spiro atoms. The molecule has 31 heavy (non-hydrogen) atoms. The summed E-state index contributed by atoms with van der Waals surface area (Å²) < 4.78 is 10.1. The van der Waals surface area contributed by atoms with Crippen molar-refractivity contribution in [2.75, 3.05) is 12.4 Å². The number of carbonyl (C=O) groups is 4. The van der Waals surface area contributed by atoms with Gasteiger partial charge in [-0.25, -0.2) is 9.59 Å². The fourth-order valence-corrected chi connectivity index (χ4v) is 3.87. The molecule has 0 aliphatic rings. The Bertz CT molecular complexity index is 1040. The highest BCUT2D eigenvalue weighted by Crippen LogP contribution is 2.29. The van der Waals surface area contributed by atoms with E-state index >= 15 is 0 Å². The Kier molecular flexibility index (Phi) is 7.10. The maximum atomic E-state index is 12.8. The van der Waals surface area contributed by atoms with Crippen LogP contribution in [0.4, 0.5) is 5.00 Å². The van der Waals surface area contributed by atoms with Gasteiger partial charge in [-0.15, -0.1) is 11.3 Å². The number of rotatable bonds is 6. The van der Waals surface area contributed by atoms with E-state index in [1.54, 1.807) is 47.6 Å². The van der Waals surface area contributed by atoms with Crippen LogP contribution in [-0.2, 0) is 14.3 Å². The number of anilines is 1. The van der Waals surface area contributed by atoms with Crippen molar-refractivity contribution in [2.24, 2.45) is 5.41 Å². The van der Waals surface area contributed by atoms with Crippen LogP contribution >= 0.6 is 11.3 Å². The van der Waals surface area contributed by atoms with Crippen LogP contribution in [0.25, 0.3) is 0 Å². The molecule has 9 heteroatoms. The summed E-state index contributed by atoms with van der Waals surface area (Å²) in [7, 11) is 1.27. The molecule has 1 unspecified atom stereocenters. The van der Waals surface area contributed by atoms with Crippen molar-refractivity contribution >= 4 is 40.0 Å². The molecule has 0 bridgehead atoms. The topological polar surface area (TPSA) is 115 Å². The van der Waals surface area contributed by atoms with E-state index < -0.39 is 29.2 Å². The zero-order chi connectivity index (χ0) is 23.7. The number of ketones is 1. The number of aromatic amines is 1. The molecule has 2 N–H and O–H groups in total. The van der Waals surface area contributed by atoms with Gasteiger partial charge in [0.1, 0.15) is 4.88 Å². The molecule has 2 aromatic heterocycles. The Morgan fingerprint density at radius 2 is 1.71 bits per heavy atom. The molecule has 0 aromatic carbocycles. The Hall–Kier alpha value is -2.94. The summed E-state index contributed by atoms with van der Waals surface area (Å²) >= 11 is 1.09. The van der Waals surface area contributed by atoms with E-state index in [9.17, 15) is 19.2 Å². The Balaban J connectivity index is 2.17. The van der Waals surface area contributed by atoms with E-state index in [0.29, 0.717) is 26.7 Å².